The van der Waals surface area contributed by atoms with Crippen molar-refractivity contribution >= 4 is 31.6 Å². The average Bonchev–Trinajstić information content (AvgIpc) is 3.01. The van der Waals surface area contributed by atoms with Crippen LogP contribution in [0.15, 0.2) is 52.2 Å². The Hall–Kier alpha value is -2.00. The van der Waals surface area contributed by atoms with Gasteiger partial charge in [-0.25, -0.2) is 13.1 Å². The number of benzene rings is 2. The summed E-state index contributed by atoms with van der Waals surface area (Å²) >= 11 is 1.05. The van der Waals surface area contributed by atoms with E-state index in [0.29, 0.717) is 4.70 Å². The van der Waals surface area contributed by atoms with Crippen molar-refractivity contribution in [1.29, 1.82) is 0 Å². The lowest BCUT2D eigenvalue weighted by atomic mass is 10.1. The largest absolute Gasteiger partial charge is 0.307 e. The van der Waals surface area contributed by atoms with Crippen LogP contribution in [0.5, 0.6) is 0 Å². The summed E-state index contributed by atoms with van der Waals surface area (Å²) in [5.41, 5.74) is 2.89. The highest BCUT2D eigenvalue weighted by molar-refractivity contribution is 7.89. The number of hydrogen-bond donors (Lipinski definition) is 1. The van der Waals surface area contributed by atoms with Gasteiger partial charge in [0, 0.05) is 20.1 Å². The Labute approximate surface area is 174 Å². The Balaban J connectivity index is 1.46. The number of nitrogens with zero attached hydrogens (tertiary/aromatic N) is 2. The lowest BCUT2D eigenvalue weighted by molar-refractivity contribution is 0.221. The third-order valence-corrected chi connectivity index (χ3v) is 7.78. The first kappa shape index (κ1) is 20.3. The van der Waals surface area contributed by atoms with Crippen molar-refractivity contribution in [3.8, 4) is 0 Å². The predicted molar refractivity (Wildman–Crippen MR) is 117 cm³/mol. The van der Waals surface area contributed by atoms with Crippen molar-refractivity contribution in [2.24, 2.45) is 7.05 Å². The maximum atomic E-state index is 12.7. The maximum Gasteiger partial charge on any atom is 0.307 e. The van der Waals surface area contributed by atoms with Crippen LogP contribution in [0.1, 0.15) is 30.4 Å². The number of aromatic nitrogens is 1. The van der Waals surface area contributed by atoms with Crippen LogP contribution in [-0.4, -0.2) is 31.0 Å². The second kappa shape index (κ2) is 8.39. The zero-order valence-corrected chi connectivity index (χ0v) is 18.1. The number of hydrogen-bond acceptors (Lipinski definition) is 5. The molecule has 6 nitrogen and oxygen atoms in total. The van der Waals surface area contributed by atoms with Gasteiger partial charge in [0.15, 0.2) is 0 Å². The minimum Gasteiger partial charge on any atom is -0.302 e. The molecule has 0 saturated carbocycles. The molecule has 0 bridgehead atoms. The molecule has 154 valence electrons. The van der Waals surface area contributed by atoms with Gasteiger partial charge in [0.25, 0.3) is 0 Å². The molecule has 0 aliphatic carbocycles. The standard InChI is InChI=1S/C21H25N3O3S2/c1-23-19-9-8-18(13-20(19)28-21(23)25)29(26,27)22-14-16-6-5-7-17(12-16)15-24-10-3-2-4-11-24/h5-9,12-13,22H,2-4,10-11,14-15H2,1H3. The maximum absolute atomic E-state index is 12.7. The van der Waals surface area contributed by atoms with E-state index >= 15 is 0 Å². The van der Waals surface area contributed by atoms with Gasteiger partial charge in [-0.3, -0.25) is 9.69 Å². The van der Waals surface area contributed by atoms with E-state index in [4.69, 9.17) is 0 Å². The zero-order valence-electron chi connectivity index (χ0n) is 16.4. The molecular weight excluding hydrogens is 406 g/mol. The summed E-state index contributed by atoms with van der Waals surface area (Å²) in [6, 6.07) is 12.9. The monoisotopic (exact) mass is 431 g/mol. The van der Waals surface area contributed by atoms with Crippen LogP contribution >= 0.6 is 11.3 Å². The first-order chi connectivity index (χ1) is 13.9. The van der Waals surface area contributed by atoms with Crippen LogP contribution in [0.3, 0.4) is 0 Å². The van der Waals surface area contributed by atoms with Crippen molar-refractivity contribution in [3.05, 3.63) is 63.3 Å². The van der Waals surface area contributed by atoms with Crippen LogP contribution in [0.25, 0.3) is 10.2 Å². The molecular formula is C21H25N3O3S2. The number of aryl methyl sites for hydroxylation is 1. The van der Waals surface area contributed by atoms with Gasteiger partial charge in [-0.05, 0) is 55.3 Å². The Kier molecular flexibility index (Phi) is 5.87. The molecule has 0 amide bonds. The van der Waals surface area contributed by atoms with Crippen LogP contribution in [0.2, 0.25) is 0 Å². The number of fused-ring (bicyclic) bond motifs is 1. The normalized spacial score (nSPS) is 15.8. The first-order valence-electron chi connectivity index (χ1n) is 9.82. The molecule has 2 aromatic carbocycles. The summed E-state index contributed by atoms with van der Waals surface area (Å²) in [4.78, 5) is 14.3. The summed E-state index contributed by atoms with van der Waals surface area (Å²) in [6.45, 7) is 3.40. The summed E-state index contributed by atoms with van der Waals surface area (Å²) in [7, 11) is -1.97. The lowest BCUT2D eigenvalue weighted by Crippen LogP contribution is -2.29. The zero-order chi connectivity index (χ0) is 20.4. The molecule has 1 aliphatic heterocycles. The van der Waals surface area contributed by atoms with Gasteiger partial charge in [-0.2, -0.15) is 0 Å². The van der Waals surface area contributed by atoms with Gasteiger partial charge in [0.2, 0.25) is 10.0 Å². The summed E-state index contributed by atoms with van der Waals surface area (Å²) in [6.07, 6.45) is 3.81. The number of sulfonamides is 1. The molecule has 1 aromatic heterocycles. The van der Waals surface area contributed by atoms with Crippen molar-refractivity contribution in [2.75, 3.05) is 13.1 Å². The fourth-order valence-electron chi connectivity index (χ4n) is 3.76. The van der Waals surface area contributed by atoms with Crippen molar-refractivity contribution in [3.63, 3.8) is 0 Å². The number of likely N-dealkylation sites (tertiary alicyclic amines) is 1. The second-order valence-electron chi connectivity index (χ2n) is 7.54. The molecule has 4 rings (SSSR count). The fourth-order valence-corrected chi connectivity index (χ4v) is 5.79. The SMILES string of the molecule is Cn1c(=O)sc2cc(S(=O)(=O)NCc3cccc(CN4CCCCC4)c3)ccc21. The van der Waals surface area contributed by atoms with E-state index in [2.05, 4.69) is 21.8 Å². The van der Waals surface area contributed by atoms with Gasteiger partial charge >= 0.3 is 4.87 Å². The second-order valence-corrected chi connectivity index (χ2v) is 10.3. The van der Waals surface area contributed by atoms with Crippen molar-refractivity contribution in [2.45, 2.75) is 37.2 Å². The molecule has 1 N–H and O–H groups in total. The molecule has 0 atom stereocenters. The van der Waals surface area contributed by atoms with Crippen molar-refractivity contribution < 1.29 is 8.42 Å². The molecule has 1 fully saturated rings. The van der Waals surface area contributed by atoms with Gasteiger partial charge in [0.1, 0.15) is 0 Å². The van der Waals surface area contributed by atoms with E-state index in [0.717, 1.165) is 42.1 Å². The predicted octanol–water partition coefficient (Wildman–Crippen LogP) is 3.06. The number of thiazole rings is 1. The van der Waals surface area contributed by atoms with Gasteiger partial charge in [-0.15, -0.1) is 0 Å². The number of piperidine rings is 1. The Morgan fingerprint density at radius 2 is 1.79 bits per heavy atom. The molecule has 3 aromatic rings. The van der Waals surface area contributed by atoms with Gasteiger partial charge in [0.05, 0.1) is 15.1 Å². The molecule has 1 saturated heterocycles. The summed E-state index contributed by atoms with van der Waals surface area (Å²) in [5, 5.41) is 0. The van der Waals surface area contributed by atoms with E-state index < -0.39 is 10.0 Å². The Morgan fingerprint density at radius 1 is 1.03 bits per heavy atom. The summed E-state index contributed by atoms with van der Waals surface area (Å²) < 4.78 is 30.4. The minimum atomic E-state index is -3.66. The first-order valence-corrected chi connectivity index (χ1v) is 12.1. The third-order valence-electron chi connectivity index (χ3n) is 5.39. The topological polar surface area (TPSA) is 71.4 Å². The van der Waals surface area contributed by atoms with E-state index in [1.54, 1.807) is 25.2 Å². The van der Waals surface area contributed by atoms with Gasteiger partial charge in [-0.1, -0.05) is 42.0 Å². The van der Waals surface area contributed by atoms with E-state index in [1.165, 1.54) is 29.4 Å². The highest BCUT2D eigenvalue weighted by Crippen LogP contribution is 2.21. The average molecular weight is 432 g/mol. The Morgan fingerprint density at radius 3 is 2.59 bits per heavy atom. The number of nitrogens with one attached hydrogen (secondary N) is 1. The van der Waals surface area contributed by atoms with Crippen LogP contribution in [0.4, 0.5) is 0 Å². The van der Waals surface area contributed by atoms with Gasteiger partial charge < -0.3 is 4.57 Å². The molecule has 29 heavy (non-hydrogen) atoms. The van der Waals surface area contributed by atoms with Crippen LogP contribution in [-0.2, 0) is 30.2 Å². The van der Waals surface area contributed by atoms with E-state index in [-0.39, 0.29) is 16.3 Å². The lowest BCUT2D eigenvalue weighted by Gasteiger charge is -2.26. The van der Waals surface area contributed by atoms with E-state index in [1.807, 2.05) is 12.1 Å². The molecule has 1 aliphatic rings. The molecule has 0 unspecified atom stereocenters. The fraction of sp³-hybridized carbons (Fsp3) is 0.381. The summed E-state index contributed by atoms with van der Waals surface area (Å²) in [5.74, 6) is 0. The Bertz CT molecular complexity index is 1180. The van der Waals surface area contributed by atoms with E-state index in [9.17, 15) is 13.2 Å². The molecule has 8 heteroatoms. The number of rotatable bonds is 6. The minimum absolute atomic E-state index is 0.104. The van der Waals surface area contributed by atoms with Crippen LogP contribution < -0.4 is 9.60 Å². The smallest absolute Gasteiger partial charge is 0.302 e. The quantitative estimate of drug-likeness (QED) is 0.651. The third kappa shape index (κ3) is 4.61. The van der Waals surface area contributed by atoms with Crippen LogP contribution in [0, 0.1) is 0 Å². The highest BCUT2D eigenvalue weighted by Gasteiger charge is 2.16. The highest BCUT2D eigenvalue weighted by atomic mass is 32.2. The van der Waals surface area contributed by atoms with Crippen molar-refractivity contribution in [1.82, 2.24) is 14.2 Å². The molecule has 0 radical (unpaired) electrons. The molecule has 0 spiro atoms. The molecule has 2 heterocycles.